The first-order chi connectivity index (χ1) is 12.9. The van der Waals surface area contributed by atoms with E-state index in [0.29, 0.717) is 29.0 Å². The minimum atomic E-state index is -0.840. The third-order valence-corrected chi connectivity index (χ3v) is 3.89. The van der Waals surface area contributed by atoms with Gasteiger partial charge in [-0.2, -0.15) is 5.10 Å². The molecular weight excluding hydrogens is 382 g/mol. The first-order valence-corrected chi connectivity index (χ1v) is 8.31. The Morgan fingerprint density at radius 1 is 1.41 bits per heavy atom. The summed E-state index contributed by atoms with van der Waals surface area (Å²) < 4.78 is 38.6. The molecule has 0 aliphatic heterocycles. The lowest BCUT2D eigenvalue weighted by molar-refractivity contribution is 0.0940. The van der Waals surface area contributed by atoms with Crippen molar-refractivity contribution in [1.29, 1.82) is 0 Å². The first kappa shape index (κ1) is 18.8. The van der Waals surface area contributed by atoms with Gasteiger partial charge in [-0.15, -0.1) is 0 Å². The van der Waals surface area contributed by atoms with Crippen molar-refractivity contribution >= 4 is 17.5 Å². The largest absolute Gasteiger partial charge is 0.486 e. The number of hydrogen-bond acceptors (Lipinski definition) is 5. The highest BCUT2D eigenvalue weighted by molar-refractivity contribution is 6.30. The van der Waals surface area contributed by atoms with Gasteiger partial charge < -0.3 is 14.6 Å². The first-order valence-electron chi connectivity index (χ1n) is 7.93. The highest BCUT2D eigenvalue weighted by Crippen LogP contribution is 2.21. The van der Waals surface area contributed by atoms with E-state index in [1.54, 1.807) is 17.8 Å². The molecule has 0 saturated heterocycles. The average Bonchev–Trinajstić information content (AvgIpc) is 3.20. The molecule has 10 heteroatoms. The number of ether oxygens (including phenoxy) is 1. The normalized spacial score (nSPS) is 10.8. The molecule has 0 aliphatic rings. The molecule has 1 N–H and O–H groups in total. The number of hydrogen-bond donors (Lipinski definition) is 1. The third-order valence-electron chi connectivity index (χ3n) is 3.69. The number of aryl methyl sites for hydroxylation is 1. The van der Waals surface area contributed by atoms with Crippen molar-refractivity contribution in [3.8, 4) is 5.75 Å². The zero-order valence-electron chi connectivity index (χ0n) is 14.2. The van der Waals surface area contributed by atoms with Gasteiger partial charge in [-0.1, -0.05) is 16.8 Å². The van der Waals surface area contributed by atoms with Gasteiger partial charge in [0.25, 0.3) is 5.91 Å². The molecule has 2 aromatic heterocycles. The Morgan fingerprint density at radius 3 is 2.93 bits per heavy atom. The highest BCUT2D eigenvalue weighted by Gasteiger charge is 2.20. The molecule has 7 nitrogen and oxygen atoms in total. The Morgan fingerprint density at radius 2 is 2.22 bits per heavy atom. The van der Waals surface area contributed by atoms with E-state index in [-0.39, 0.29) is 24.6 Å². The molecule has 27 heavy (non-hydrogen) atoms. The van der Waals surface area contributed by atoms with E-state index < -0.39 is 17.5 Å². The summed E-state index contributed by atoms with van der Waals surface area (Å²) in [7, 11) is 0. The maximum atomic E-state index is 13.7. The number of aromatic nitrogens is 3. The number of halogens is 3. The summed E-state index contributed by atoms with van der Waals surface area (Å²) in [5.41, 5.74) is 0.409. The zero-order valence-corrected chi connectivity index (χ0v) is 15.0. The molecule has 0 spiro atoms. The molecule has 0 fully saturated rings. The van der Waals surface area contributed by atoms with Gasteiger partial charge in [-0.25, -0.2) is 8.78 Å². The average molecular weight is 397 g/mol. The standard InChI is InChI=1S/C17H15ClF2N4O3/c1-10-13(9-26-15-3-2-12(19)6-14(15)20)16(23-27-10)17(25)21-4-5-24-8-11(18)7-22-24/h2-3,6-8H,4-5,9H2,1H3,(H,21,25). The van der Waals surface area contributed by atoms with Crippen molar-refractivity contribution in [2.45, 2.75) is 20.1 Å². The van der Waals surface area contributed by atoms with Crippen LogP contribution in [0.15, 0.2) is 35.1 Å². The van der Waals surface area contributed by atoms with Crippen LogP contribution in [-0.2, 0) is 13.2 Å². The number of rotatable bonds is 7. The minimum absolute atomic E-state index is 0.0357. The minimum Gasteiger partial charge on any atom is -0.486 e. The van der Waals surface area contributed by atoms with Crippen LogP contribution in [0.1, 0.15) is 21.8 Å². The Labute approximate surface area is 157 Å². The van der Waals surface area contributed by atoms with Gasteiger partial charge in [0.15, 0.2) is 17.3 Å². The number of benzene rings is 1. The van der Waals surface area contributed by atoms with E-state index in [1.807, 2.05) is 0 Å². The van der Waals surface area contributed by atoms with Crippen LogP contribution in [0.4, 0.5) is 8.78 Å². The molecule has 0 radical (unpaired) electrons. The molecule has 0 bridgehead atoms. The maximum absolute atomic E-state index is 13.7. The monoisotopic (exact) mass is 396 g/mol. The van der Waals surface area contributed by atoms with E-state index in [9.17, 15) is 13.6 Å². The molecule has 1 amide bonds. The van der Waals surface area contributed by atoms with Crippen LogP contribution in [-0.4, -0.2) is 27.4 Å². The second-order valence-corrected chi connectivity index (χ2v) is 6.04. The number of nitrogens with zero attached hydrogens (tertiary/aromatic N) is 3. The quantitative estimate of drug-likeness (QED) is 0.663. The zero-order chi connectivity index (χ0) is 19.4. The number of amides is 1. The molecule has 0 unspecified atom stereocenters. The predicted octanol–water partition coefficient (Wildman–Crippen LogP) is 3.12. The molecule has 1 aromatic carbocycles. The Kier molecular flexibility index (Phi) is 5.70. The van der Waals surface area contributed by atoms with E-state index in [4.69, 9.17) is 20.9 Å². The molecule has 142 valence electrons. The smallest absolute Gasteiger partial charge is 0.273 e. The topological polar surface area (TPSA) is 82.2 Å². The Bertz CT molecular complexity index is 958. The summed E-state index contributed by atoms with van der Waals surface area (Å²) in [6, 6.07) is 2.96. The molecule has 0 aliphatic carbocycles. The van der Waals surface area contributed by atoms with Crippen molar-refractivity contribution in [3.05, 3.63) is 64.3 Å². The second-order valence-electron chi connectivity index (χ2n) is 5.61. The van der Waals surface area contributed by atoms with Gasteiger partial charge in [-0.05, 0) is 19.1 Å². The predicted molar refractivity (Wildman–Crippen MR) is 91.5 cm³/mol. The molecular formula is C17H15ClF2N4O3. The van der Waals surface area contributed by atoms with Crippen LogP contribution in [0.2, 0.25) is 5.02 Å². The van der Waals surface area contributed by atoms with E-state index in [2.05, 4.69) is 15.6 Å². The fourth-order valence-electron chi connectivity index (χ4n) is 2.31. The fraction of sp³-hybridized carbons (Fsp3) is 0.235. The molecule has 2 heterocycles. The summed E-state index contributed by atoms with van der Waals surface area (Å²) in [5, 5.41) is 10.9. The van der Waals surface area contributed by atoms with Gasteiger partial charge in [0.05, 0.1) is 23.3 Å². The van der Waals surface area contributed by atoms with Gasteiger partial charge >= 0.3 is 0 Å². The summed E-state index contributed by atoms with van der Waals surface area (Å²) in [6.45, 7) is 2.15. The van der Waals surface area contributed by atoms with Crippen LogP contribution in [0.25, 0.3) is 0 Å². The third kappa shape index (κ3) is 4.62. The van der Waals surface area contributed by atoms with Crippen molar-refractivity contribution in [2.24, 2.45) is 0 Å². The second kappa shape index (κ2) is 8.17. The molecule has 3 rings (SSSR count). The van der Waals surface area contributed by atoms with Crippen molar-refractivity contribution in [2.75, 3.05) is 6.54 Å². The van der Waals surface area contributed by atoms with Gasteiger partial charge in [0.1, 0.15) is 18.2 Å². The van der Waals surface area contributed by atoms with Crippen molar-refractivity contribution in [3.63, 3.8) is 0 Å². The van der Waals surface area contributed by atoms with Gasteiger partial charge in [-0.3, -0.25) is 9.48 Å². The van der Waals surface area contributed by atoms with Gasteiger partial charge in [0, 0.05) is 18.8 Å². The van der Waals surface area contributed by atoms with Crippen LogP contribution in [0.5, 0.6) is 5.75 Å². The summed E-state index contributed by atoms with van der Waals surface area (Å²) >= 11 is 5.77. The summed E-state index contributed by atoms with van der Waals surface area (Å²) in [5.74, 6) is -1.80. The van der Waals surface area contributed by atoms with E-state index in [0.717, 1.165) is 6.07 Å². The van der Waals surface area contributed by atoms with Crippen LogP contribution >= 0.6 is 11.6 Å². The number of carbonyl (C=O) groups is 1. The molecule has 0 saturated carbocycles. The van der Waals surface area contributed by atoms with Crippen molar-refractivity contribution < 1.29 is 22.8 Å². The van der Waals surface area contributed by atoms with Crippen LogP contribution < -0.4 is 10.1 Å². The highest BCUT2D eigenvalue weighted by atomic mass is 35.5. The van der Waals surface area contributed by atoms with Gasteiger partial charge in [0.2, 0.25) is 0 Å². The molecule has 0 atom stereocenters. The number of carbonyl (C=O) groups excluding carboxylic acids is 1. The lowest BCUT2D eigenvalue weighted by atomic mass is 10.2. The maximum Gasteiger partial charge on any atom is 0.273 e. The SMILES string of the molecule is Cc1onc(C(=O)NCCn2cc(Cl)cn2)c1COc1ccc(F)cc1F. The fourth-order valence-corrected chi connectivity index (χ4v) is 2.47. The summed E-state index contributed by atoms with van der Waals surface area (Å²) in [4.78, 5) is 12.3. The van der Waals surface area contributed by atoms with E-state index in [1.165, 1.54) is 12.3 Å². The lowest BCUT2D eigenvalue weighted by Crippen LogP contribution is -2.28. The van der Waals surface area contributed by atoms with Crippen LogP contribution in [0.3, 0.4) is 0 Å². The summed E-state index contributed by atoms with van der Waals surface area (Å²) in [6.07, 6.45) is 3.12. The number of nitrogens with one attached hydrogen (secondary N) is 1. The van der Waals surface area contributed by atoms with E-state index >= 15 is 0 Å². The van der Waals surface area contributed by atoms with Crippen LogP contribution in [0, 0.1) is 18.6 Å². The molecule has 3 aromatic rings. The lowest BCUT2D eigenvalue weighted by Gasteiger charge is -2.08. The Balaban J connectivity index is 1.62. The van der Waals surface area contributed by atoms with Crippen molar-refractivity contribution in [1.82, 2.24) is 20.3 Å². The Hall–Kier alpha value is -2.94.